The lowest BCUT2D eigenvalue weighted by molar-refractivity contribution is -0.145. The summed E-state index contributed by atoms with van der Waals surface area (Å²) in [5.41, 5.74) is 0.528. The van der Waals surface area contributed by atoms with Gasteiger partial charge in [0, 0.05) is 10.5 Å². The van der Waals surface area contributed by atoms with Gasteiger partial charge in [-0.15, -0.1) is 0 Å². The van der Waals surface area contributed by atoms with Gasteiger partial charge in [0.1, 0.15) is 6.54 Å². The van der Waals surface area contributed by atoms with E-state index < -0.39 is 30.3 Å². The molecule has 7 nitrogen and oxygen atoms in total. The van der Waals surface area contributed by atoms with Gasteiger partial charge < -0.3 is 5.32 Å². The molecule has 0 bridgehead atoms. The summed E-state index contributed by atoms with van der Waals surface area (Å²) in [7, 11) is 0. The number of hydrogen-bond donors (Lipinski definition) is 1. The molecule has 0 aromatic heterocycles. The Hall–Kier alpha value is -2.22. The Kier molecular flexibility index (Phi) is 5.41. The van der Waals surface area contributed by atoms with E-state index in [4.69, 9.17) is 0 Å². The molecule has 1 aliphatic carbocycles. The van der Waals surface area contributed by atoms with Crippen LogP contribution in [0.1, 0.15) is 32.6 Å². The number of rotatable bonds is 4. The first-order chi connectivity index (χ1) is 12.4. The van der Waals surface area contributed by atoms with E-state index in [1.807, 2.05) is 6.92 Å². The van der Waals surface area contributed by atoms with E-state index in [9.17, 15) is 19.2 Å². The van der Waals surface area contributed by atoms with Crippen LogP contribution in [0.4, 0.5) is 10.5 Å². The first-order valence-corrected chi connectivity index (χ1v) is 9.43. The Morgan fingerprint density at radius 3 is 2.54 bits per heavy atom. The molecule has 8 heteroatoms. The second-order valence-corrected chi connectivity index (χ2v) is 7.56. The average Bonchev–Trinajstić information content (AvgIpc) is 2.81. The topological polar surface area (TPSA) is 86.8 Å². The van der Waals surface area contributed by atoms with Crippen LogP contribution in [0.3, 0.4) is 0 Å². The van der Waals surface area contributed by atoms with E-state index in [2.05, 4.69) is 21.2 Å². The predicted octanol–water partition coefficient (Wildman–Crippen LogP) is 2.76. The second kappa shape index (κ2) is 7.57. The predicted molar refractivity (Wildman–Crippen MR) is 98.1 cm³/mol. The first kappa shape index (κ1) is 18.6. The monoisotopic (exact) mass is 421 g/mol. The molecule has 3 rings (SSSR count). The van der Waals surface area contributed by atoms with Crippen LogP contribution in [-0.4, -0.2) is 46.1 Å². The Bertz CT molecular complexity index is 767. The van der Waals surface area contributed by atoms with E-state index in [0.29, 0.717) is 16.6 Å². The van der Waals surface area contributed by atoms with Crippen molar-refractivity contribution in [2.24, 2.45) is 5.92 Å². The number of imide groups is 2. The maximum absolute atomic E-state index is 12.6. The molecule has 5 amide bonds. The molecule has 1 N–H and O–H groups in total. The van der Waals surface area contributed by atoms with Gasteiger partial charge in [-0.25, -0.2) is 9.69 Å². The van der Waals surface area contributed by atoms with Crippen molar-refractivity contribution in [2.75, 3.05) is 11.9 Å². The van der Waals surface area contributed by atoms with Crippen molar-refractivity contribution in [3.05, 3.63) is 28.7 Å². The van der Waals surface area contributed by atoms with Gasteiger partial charge in [-0.1, -0.05) is 31.9 Å². The fraction of sp³-hybridized carbons (Fsp3) is 0.444. The highest BCUT2D eigenvalue weighted by Gasteiger charge is 2.49. The molecule has 1 heterocycles. The molecular formula is C18H20BrN3O4. The third kappa shape index (κ3) is 3.51. The van der Waals surface area contributed by atoms with Crippen LogP contribution in [0.2, 0.25) is 0 Å². The number of carbonyl (C=O) groups is 4. The Morgan fingerprint density at radius 2 is 1.85 bits per heavy atom. The number of benzene rings is 1. The van der Waals surface area contributed by atoms with E-state index in [-0.39, 0.29) is 12.0 Å². The number of amides is 5. The average molecular weight is 422 g/mol. The largest absolute Gasteiger partial charge is 0.334 e. The zero-order valence-corrected chi connectivity index (χ0v) is 16.0. The summed E-state index contributed by atoms with van der Waals surface area (Å²) >= 11 is 3.31. The molecule has 1 aromatic rings. The van der Waals surface area contributed by atoms with Crippen LogP contribution in [0.25, 0.3) is 0 Å². The summed E-state index contributed by atoms with van der Waals surface area (Å²) in [5.74, 6) is -2.15. The molecule has 1 aromatic carbocycles. The first-order valence-electron chi connectivity index (χ1n) is 8.63. The van der Waals surface area contributed by atoms with E-state index >= 15 is 0 Å². The van der Waals surface area contributed by atoms with Gasteiger partial charge in [0.25, 0.3) is 0 Å². The third-order valence-corrected chi connectivity index (χ3v) is 5.62. The van der Waals surface area contributed by atoms with Crippen LogP contribution in [-0.2, 0) is 14.4 Å². The number of para-hydroxylation sites is 1. The van der Waals surface area contributed by atoms with E-state index in [0.717, 1.165) is 29.1 Å². The number of urea groups is 1. The summed E-state index contributed by atoms with van der Waals surface area (Å²) in [4.78, 5) is 51.3. The fourth-order valence-corrected chi connectivity index (χ4v) is 3.91. The minimum absolute atomic E-state index is 0.151. The lowest BCUT2D eigenvalue weighted by Gasteiger charge is -2.34. The number of hydrogen-bond acceptors (Lipinski definition) is 4. The van der Waals surface area contributed by atoms with E-state index in [1.54, 1.807) is 24.3 Å². The third-order valence-electron chi connectivity index (χ3n) is 4.93. The van der Waals surface area contributed by atoms with Crippen LogP contribution in [0.15, 0.2) is 28.7 Å². The number of anilines is 1. The quantitative estimate of drug-likeness (QED) is 0.597. The maximum atomic E-state index is 12.6. The smallest absolute Gasteiger partial charge is 0.323 e. The minimum atomic E-state index is -0.935. The van der Waals surface area contributed by atoms with Crippen molar-refractivity contribution in [3.8, 4) is 0 Å². The van der Waals surface area contributed by atoms with Crippen molar-refractivity contribution in [3.63, 3.8) is 0 Å². The van der Waals surface area contributed by atoms with Crippen LogP contribution < -0.4 is 5.32 Å². The van der Waals surface area contributed by atoms with Gasteiger partial charge in [-0.05, 0) is 46.8 Å². The van der Waals surface area contributed by atoms with Gasteiger partial charge in [-0.3, -0.25) is 19.3 Å². The van der Waals surface area contributed by atoms with Crippen molar-refractivity contribution < 1.29 is 19.2 Å². The Morgan fingerprint density at radius 1 is 1.15 bits per heavy atom. The van der Waals surface area contributed by atoms with Gasteiger partial charge in [0.2, 0.25) is 5.91 Å². The molecular weight excluding hydrogens is 402 g/mol. The highest BCUT2D eigenvalue weighted by atomic mass is 79.9. The zero-order chi connectivity index (χ0) is 18.8. The number of carbonyl (C=O) groups excluding carboxylic acids is 4. The SMILES string of the molecule is CC1CCCCC1N1C(=O)C(=O)N(CC(=O)Nc2ccccc2Br)C1=O. The molecule has 2 fully saturated rings. The van der Waals surface area contributed by atoms with Crippen molar-refractivity contribution >= 4 is 45.4 Å². The molecule has 2 atom stereocenters. The van der Waals surface area contributed by atoms with Crippen molar-refractivity contribution in [1.82, 2.24) is 9.80 Å². The number of nitrogens with zero attached hydrogens (tertiary/aromatic N) is 2. The maximum Gasteiger partial charge on any atom is 0.334 e. The van der Waals surface area contributed by atoms with Crippen LogP contribution in [0.5, 0.6) is 0 Å². The summed E-state index contributed by atoms with van der Waals surface area (Å²) in [6, 6.07) is 6.04. The van der Waals surface area contributed by atoms with Crippen LogP contribution >= 0.6 is 15.9 Å². The van der Waals surface area contributed by atoms with Crippen molar-refractivity contribution in [1.29, 1.82) is 0 Å². The highest BCUT2D eigenvalue weighted by Crippen LogP contribution is 2.31. The van der Waals surface area contributed by atoms with Crippen LogP contribution in [0, 0.1) is 5.92 Å². The molecule has 0 spiro atoms. The van der Waals surface area contributed by atoms with Gasteiger partial charge >= 0.3 is 17.8 Å². The van der Waals surface area contributed by atoms with E-state index in [1.165, 1.54) is 0 Å². The lowest BCUT2D eigenvalue weighted by Crippen LogP contribution is -2.46. The summed E-state index contributed by atoms with van der Waals surface area (Å²) in [6.45, 7) is 1.50. The minimum Gasteiger partial charge on any atom is -0.323 e. The van der Waals surface area contributed by atoms with Crippen molar-refractivity contribution in [2.45, 2.75) is 38.6 Å². The second-order valence-electron chi connectivity index (χ2n) is 6.71. The number of nitrogens with one attached hydrogen (secondary N) is 1. The van der Waals surface area contributed by atoms with Gasteiger partial charge in [-0.2, -0.15) is 0 Å². The zero-order valence-electron chi connectivity index (χ0n) is 14.4. The lowest BCUT2D eigenvalue weighted by atomic mass is 9.85. The molecule has 1 saturated heterocycles. The Labute approximate surface area is 159 Å². The summed E-state index contributed by atoms with van der Waals surface area (Å²) < 4.78 is 0.682. The molecule has 0 radical (unpaired) electrons. The molecule has 1 saturated carbocycles. The standard InChI is InChI=1S/C18H20BrN3O4/c1-11-6-2-5-9-14(11)22-17(25)16(24)21(18(22)26)10-15(23)20-13-8-4-3-7-12(13)19/h3-4,7-8,11,14H,2,5-6,9-10H2,1H3,(H,20,23). The normalized spacial score (nSPS) is 23.5. The highest BCUT2D eigenvalue weighted by molar-refractivity contribution is 9.10. The van der Waals surface area contributed by atoms with Gasteiger partial charge in [0.15, 0.2) is 0 Å². The number of halogens is 1. The molecule has 138 valence electrons. The molecule has 1 aliphatic heterocycles. The molecule has 2 unspecified atom stereocenters. The molecule has 2 aliphatic rings. The Balaban J connectivity index is 1.71. The summed E-state index contributed by atoms with van der Waals surface area (Å²) in [6.07, 6.45) is 3.59. The molecule has 26 heavy (non-hydrogen) atoms. The fourth-order valence-electron chi connectivity index (χ4n) is 3.53. The summed E-state index contributed by atoms with van der Waals surface area (Å²) in [5, 5.41) is 2.63. The van der Waals surface area contributed by atoms with Gasteiger partial charge in [0.05, 0.1) is 5.69 Å².